The lowest BCUT2D eigenvalue weighted by Crippen LogP contribution is -2.39. The molecule has 118 valence electrons. The highest BCUT2D eigenvalue weighted by Crippen LogP contribution is 2.38. The van der Waals surface area contributed by atoms with Crippen LogP contribution in [0.15, 0.2) is 34.5 Å². The fraction of sp³-hybridized carbons (Fsp3) is 0.333. The van der Waals surface area contributed by atoms with E-state index in [1.54, 1.807) is 11.3 Å². The Hall–Kier alpha value is -1.31. The van der Waals surface area contributed by atoms with Crippen LogP contribution < -0.4 is 0 Å². The zero-order valence-corrected chi connectivity index (χ0v) is 13.6. The molecule has 1 aliphatic heterocycles. The van der Waals surface area contributed by atoms with E-state index in [2.05, 4.69) is 0 Å². The molecule has 3 nitrogen and oxygen atoms in total. The Balaban J connectivity index is 2.06. The number of hydrogen-bond acceptors (Lipinski definition) is 3. The summed E-state index contributed by atoms with van der Waals surface area (Å²) in [4.78, 5) is 0.712. The zero-order valence-electron chi connectivity index (χ0n) is 11.9. The second kappa shape index (κ2) is 5.72. The molecular weight excluding hydrogens is 328 g/mol. The maximum Gasteiger partial charge on any atom is 0.246 e. The predicted octanol–water partition coefficient (Wildman–Crippen LogP) is 3.72. The van der Waals surface area contributed by atoms with Crippen molar-refractivity contribution in [3.63, 3.8) is 0 Å². The lowest BCUT2D eigenvalue weighted by molar-refractivity contribution is 0.302. The minimum absolute atomic E-state index is 0.301. The Morgan fingerprint density at radius 3 is 2.77 bits per heavy atom. The van der Waals surface area contributed by atoms with Gasteiger partial charge in [-0.15, -0.1) is 11.3 Å². The van der Waals surface area contributed by atoms with Gasteiger partial charge >= 0.3 is 0 Å². The number of hydrogen-bond donors (Lipinski definition) is 0. The second-order valence-corrected chi connectivity index (χ2v) is 8.02. The van der Waals surface area contributed by atoms with Crippen LogP contribution in [-0.4, -0.2) is 19.3 Å². The Morgan fingerprint density at radius 2 is 2.09 bits per heavy atom. The van der Waals surface area contributed by atoms with Gasteiger partial charge in [-0.3, -0.25) is 0 Å². The van der Waals surface area contributed by atoms with Crippen LogP contribution in [0.2, 0.25) is 0 Å². The van der Waals surface area contributed by atoms with Crippen molar-refractivity contribution in [2.45, 2.75) is 30.7 Å². The molecule has 0 saturated heterocycles. The molecule has 3 rings (SSSR count). The highest BCUT2D eigenvalue weighted by atomic mass is 32.2. The summed E-state index contributed by atoms with van der Waals surface area (Å²) in [5.74, 6) is -1.84. The van der Waals surface area contributed by atoms with E-state index in [1.165, 1.54) is 9.18 Å². The Morgan fingerprint density at radius 1 is 1.32 bits per heavy atom. The molecular formula is C15H15F2NO2S2. The van der Waals surface area contributed by atoms with E-state index in [-0.39, 0.29) is 6.04 Å². The Labute approximate surface area is 132 Å². The van der Waals surface area contributed by atoms with Gasteiger partial charge in [0.15, 0.2) is 0 Å². The van der Waals surface area contributed by atoms with Gasteiger partial charge in [0.05, 0.1) is 6.04 Å². The number of fused-ring (bicyclic) bond motifs is 1. The first kappa shape index (κ1) is 15.6. The molecule has 0 bridgehead atoms. The zero-order chi connectivity index (χ0) is 15.9. The maximum absolute atomic E-state index is 13.9. The normalized spacial score (nSPS) is 19.1. The smallest absolute Gasteiger partial charge is 0.207 e. The first-order valence-corrected chi connectivity index (χ1v) is 9.30. The summed E-state index contributed by atoms with van der Waals surface area (Å²) in [5, 5.41) is 1.95. The molecule has 0 spiro atoms. The van der Waals surface area contributed by atoms with E-state index in [9.17, 15) is 17.2 Å². The SMILES string of the molecule is CCC1c2ccsc2CCN1S(=O)(=O)c1ccc(F)cc1F. The molecule has 1 unspecified atom stereocenters. The average molecular weight is 343 g/mol. The molecule has 22 heavy (non-hydrogen) atoms. The summed E-state index contributed by atoms with van der Waals surface area (Å²) in [5.41, 5.74) is 0.991. The van der Waals surface area contributed by atoms with Gasteiger partial charge in [-0.2, -0.15) is 4.31 Å². The molecule has 0 amide bonds. The van der Waals surface area contributed by atoms with Crippen LogP contribution >= 0.6 is 11.3 Å². The van der Waals surface area contributed by atoms with Crippen LogP contribution in [-0.2, 0) is 16.4 Å². The van der Waals surface area contributed by atoms with E-state index in [0.29, 0.717) is 25.5 Å². The molecule has 0 aliphatic carbocycles. The quantitative estimate of drug-likeness (QED) is 0.852. The van der Waals surface area contributed by atoms with E-state index < -0.39 is 26.6 Å². The van der Waals surface area contributed by atoms with Crippen molar-refractivity contribution in [3.8, 4) is 0 Å². The van der Waals surface area contributed by atoms with Gasteiger partial charge in [0, 0.05) is 17.5 Å². The van der Waals surface area contributed by atoms with Gasteiger partial charge in [-0.25, -0.2) is 17.2 Å². The summed E-state index contributed by atoms with van der Waals surface area (Å²) in [7, 11) is -4.00. The van der Waals surface area contributed by atoms with Crippen molar-refractivity contribution in [2.75, 3.05) is 6.54 Å². The number of thiophene rings is 1. The molecule has 0 radical (unpaired) electrons. The second-order valence-electron chi connectivity index (χ2n) is 5.16. The van der Waals surface area contributed by atoms with Gasteiger partial charge in [0.25, 0.3) is 0 Å². The van der Waals surface area contributed by atoms with Gasteiger partial charge in [0.2, 0.25) is 10.0 Å². The van der Waals surface area contributed by atoms with Crippen LogP contribution in [0.25, 0.3) is 0 Å². The minimum Gasteiger partial charge on any atom is -0.207 e. The van der Waals surface area contributed by atoms with Crippen molar-refractivity contribution < 1.29 is 17.2 Å². The summed E-state index contributed by atoms with van der Waals surface area (Å²) in [6.45, 7) is 2.21. The minimum atomic E-state index is -4.00. The third kappa shape index (κ3) is 2.47. The van der Waals surface area contributed by atoms with Crippen LogP contribution in [0.4, 0.5) is 8.78 Å². The molecule has 1 aromatic heterocycles. The van der Waals surface area contributed by atoms with E-state index in [1.807, 2.05) is 18.4 Å². The summed E-state index contributed by atoms with van der Waals surface area (Å²) >= 11 is 1.61. The monoisotopic (exact) mass is 343 g/mol. The van der Waals surface area contributed by atoms with Crippen LogP contribution in [0.5, 0.6) is 0 Å². The van der Waals surface area contributed by atoms with Crippen LogP contribution in [0.1, 0.15) is 29.8 Å². The molecule has 0 N–H and O–H groups in total. The van der Waals surface area contributed by atoms with Crippen LogP contribution in [0, 0.1) is 11.6 Å². The van der Waals surface area contributed by atoms with Crippen molar-refractivity contribution in [3.05, 3.63) is 51.7 Å². The highest BCUT2D eigenvalue weighted by molar-refractivity contribution is 7.89. The first-order chi connectivity index (χ1) is 10.4. The number of halogens is 2. The third-order valence-corrected chi connectivity index (χ3v) is 6.85. The standard InChI is InChI=1S/C15H15F2NO2S2/c1-2-13-11-6-8-21-14(11)5-7-18(13)22(19,20)15-4-3-10(16)9-12(15)17/h3-4,6,8-9,13H,2,5,7H2,1H3. The van der Waals surface area contributed by atoms with E-state index >= 15 is 0 Å². The molecule has 2 aromatic rings. The Kier molecular flexibility index (Phi) is 4.05. The molecule has 2 heterocycles. The van der Waals surface area contributed by atoms with Gasteiger partial charge in [0.1, 0.15) is 16.5 Å². The summed E-state index contributed by atoms with van der Waals surface area (Å²) < 4.78 is 53.9. The van der Waals surface area contributed by atoms with Gasteiger partial charge < -0.3 is 0 Å². The molecule has 1 atom stereocenters. The highest BCUT2D eigenvalue weighted by Gasteiger charge is 2.37. The number of rotatable bonds is 3. The van der Waals surface area contributed by atoms with Crippen molar-refractivity contribution in [2.24, 2.45) is 0 Å². The van der Waals surface area contributed by atoms with Crippen LogP contribution in [0.3, 0.4) is 0 Å². The molecule has 1 aromatic carbocycles. The largest absolute Gasteiger partial charge is 0.246 e. The number of sulfonamides is 1. The van der Waals surface area contributed by atoms with E-state index in [4.69, 9.17) is 0 Å². The Bertz CT molecular complexity index is 802. The fourth-order valence-electron chi connectivity index (χ4n) is 2.90. The topological polar surface area (TPSA) is 37.4 Å². The van der Waals surface area contributed by atoms with Gasteiger partial charge in [-0.05, 0) is 42.0 Å². The van der Waals surface area contributed by atoms with Crippen molar-refractivity contribution in [1.29, 1.82) is 0 Å². The molecule has 0 saturated carbocycles. The molecule has 1 aliphatic rings. The third-order valence-electron chi connectivity index (χ3n) is 3.91. The van der Waals surface area contributed by atoms with Gasteiger partial charge in [-0.1, -0.05) is 6.92 Å². The lowest BCUT2D eigenvalue weighted by Gasteiger charge is -2.34. The molecule has 7 heteroatoms. The first-order valence-electron chi connectivity index (χ1n) is 6.98. The van der Waals surface area contributed by atoms with E-state index in [0.717, 1.165) is 17.7 Å². The summed E-state index contributed by atoms with van der Waals surface area (Å²) in [6.07, 6.45) is 1.22. The average Bonchev–Trinajstić information content (AvgIpc) is 2.94. The number of nitrogens with zero attached hydrogens (tertiary/aromatic N) is 1. The predicted molar refractivity (Wildman–Crippen MR) is 81.3 cm³/mol. The maximum atomic E-state index is 13.9. The molecule has 0 fully saturated rings. The fourth-order valence-corrected chi connectivity index (χ4v) is 5.55. The van der Waals surface area contributed by atoms with Crippen molar-refractivity contribution in [1.82, 2.24) is 4.31 Å². The van der Waals surface area contributed by atoms with Crippen molar-refractivity contribution >= 4 is 21.4 Å². The lowest BCUT2D eigenvalue weighted by atomic mass is 10.0. The number of benzene rings is 1. The summed E-state index contributed by atoms with van der Waals surface area (Å²) in [6, 6.07) is 4.20.